The molecule has 5 rings (SSSR count). The highest BCUT2D eigenvalue weighted by atomic mass is 31.2. The summed E-state index contributed by atoms with van der Waals surface area (Å²) in [6, 6.07) is 19.8. The van der Waals surface area contributed by atoms with Gasteiger partial charge < -0.3 is 24.3 Å². The number of carbonyl (C=O) groups is 1. The Kier molecular flexibility index (Phi) is 10.2. The molecule has 0 fully saturated rings. The fourth-order valence-electron chi connectivity index (χ4n) is 5.60. The zero-order chi connectivity index (χ0) is 34.9. The molecule has 0 radical (unpaired) electrons. The van der Waals surface area contributed by atoms with E-state index in [2.05, 4.69) is 10.1 Å². The van der Waals surface area contributed by atoms with Gasteiger partial charge in [0, 0.05) is 17.4 Å². The Morgan fingerprint density at radius 1 is 0.958 bits per heavy atom. The molecule has 3 aromatic carbocycles. The molecule has 48 heavy (non-hydrogen) atoms. The summed E-state index contributed by atoms with van der Waals surface area (Å²) in [5, 5.41) is 5.46. The molecule has 0 saturated heterocycles. The third-order valence-electron chi connectivity index (χ3n) is 7.81. The molecule has 0 aliphatic carbocycles. The van der Waals surface area contributed by atoms with Gasteiger partial charge in [0.05, 0.1) is 23.2 Å². The van der Waals surface area contributed by atoms with Gasteiger partial charge in [0.1, 0.15) is 35.3 Å². The van der Waals surface area contributed by atoms with Gasteiger partial charge in [0.2, 0.25) is 0 Å². The number of hydrogen-bond acceptors (Lipinski definition) is 9. The van der Waals surface area contributed by atoms with E-state index in [0.29, 0.717) is 35.0 Å². The highest BCUT2D eigenvalue weighted by molar-refractivity contribution is 7.52. The third-order valence-corrected chi connectivity index (χ3v) is 9.31. The number of nitrogens with zero attached hydrogens (tertiary/aromatic N) is 3. The van der Waals surface area contributed by atoms with Gasteiger partial charge in [-0.1, -0.05) is 68.4 Å². The predicted molar refractivity (Wildman–Crippen MR) is 190 cm³/mol. The van der Waals surface area contributed by atoms with Crippen LogP contribution in [0.4, 0.5) is 5.82 Å². The summed E-state index contributed by atoms with van der Waals surface area (Å²) in [6.45, 7) is 15.4. The molecule has 11 nitrogen and oxygen atoms in total. The van der Waals surface area contributed by atoms with Crippen LogP contribution in [0.25, 0.3) is 32.7 Å². The van der Waals surface area contributed by atoms with Crippen LogP contribution in [-0.2, 0) is 35.5 Å². The Balaban J connectivity index is 1.59. The first-order valence-electron chi connectivity index (χ1n) is 16.2. The van der Waals surface area contributed by atoms with E-state index < -0.39 is 30.9 Å². The molecule has 0 aliphatic heterocycles. The SMILES string of the molecule is CCOCc1nc2c(N)nc3ccccc3c2n1C(C)(C)COP(=O)(N[C@H](C(=O)OC(C)(C)C)C(C)C)Oc1cccc2ccccc12. The zero-order valence-corrected chi connectivity index (χ0v) is 29.8. The first kappa shape index (κ1) is 35.3. The molecule has 256 valence electrons. The van der Waals surface area contributed by atoms with Crippen molar-refractivity contribution in [2.24, 2.45) is 5.92 Å². The molecular weight excluding hydrogens is 629 g/mol. The van der Waals surface area contributed by atoms with Gasteiger partial charge in [-0.05, 0) is 65.0 Å². The molecule has 2 heterocycles. The molecule has 1 unspecified atom stereocenters. The summed E-state index contributed by atoms with van der Waals surface area (Å²) in [6.07, 6.45) is 0. The van der Waals surface area contributed by atoms with Crippen molar-refractivity contribution in [3.8, 4) is 5.75 Å². The monoisotopic (exact) mass is 675 g/mol. The van der Waals surface area contributed by atoms with E-state index in [9.17, 15) is 9.36 Å². The van der Waals surface area contributed by atoms with Crippen LogP contribution in [0.15, 0.2) is 66.7 Å². The average molecular weight is 676 g/mol. The van der Waals surface area contributed by atoms with E-state index in [0.717, 1.165) is 21.7 Å². The number of para-hydroxylation sites is 1. The van der Waals surface area contributed by atoms with Crippen LogP contribution < -0.4 is 15.3 Å². The molecule has 12 heteroatoms. The maximum absolute atomic E-state index is 15.0. The summed E-state index contributed by atoms with van der Waals surface area (Å²) >= 11 is 0. The van der Waals surface area contributed by atoms with Crippen LogP contribution in [0.3, 0.4) is 0 Å². The Labute approximate surface area is 281 Å². The fraction of sp³-hybridized carbons (Fsp3) is 0.417. The van der Waals surface area contributed by atoms with Crippen molar-refractivity contribution in [2.45, 2.75) is 79.2 Å². The molecule has 0 bridgehead atoms. The summed E-state index contributed by atoms with van der Waals surface area (Å²) < 4.78 is 41.2. The maximum Gasteiger partial charge on any atom is 0.459 e. The van der Waals surface area contributed by atoms with Crippen LogP contribution in [0.5, 0.6) is 5.75 Å². The second-order valence-electron chi connectivity index (χ2n) is 13.7. The minimum Gasteiger partial charge on any atom is -0.459 e. The summed E-state index contributed by atoms with van der Waals surface area (Å²) in [7, 11) is -4.28. The highest BCUT2D eigenvalue weighted by Gasteiger charge is 2.40. The summed E-state index contributed by atoms with van der Waals surface area (Å²) in [4.78, 5) is 22.9. The number of nitrogens with one attached hydrogen (secondary N) is 1. The van der Waals surface area contributed by atoms with E-state index in [1.165, 1.54) is 0 Å². The van der Waals surface area contributed by atoms with Gasteiger partial charge in [0.15, 0.2) is 5.82 Å². The number of aromatic nitrogens is 3. The van der Waals surface area contributed by atoms with Crippen molar-refractivity contribution >= 4 is 52.2 Å². The lowest BCUT2D eigenvalue weighted by atomic mass is 10.1. The summed E-state index contributed by atoms with van der Waals surface area (Å²) in [5.41, 5.74) is 6.80. The number of esters is 1. The van der Waals surface area contributed by atoms with Crippen LogP contribution in [0.2, 0.25) is 0 Å². The lowest BCUT2D eigenvalue weighted by Crippen LogP contribution is -2.44. The minimum atomic E-state index is -4.28. The topological polar surface area (TPSA) is 140 Å². The lowest BCUT2D eigenvalue weighted by molar-refractivity contribution is -0.158. The van der Waals surface area contributed by atoms with Crippen molar-refractivity contribution in [3.63, 3.8) is 0 Å². The standard InChI is InChI=1S/C36H46N5O6P/c1-9-44-21-29-39-31-32(26-18-12-13-19-27(26)38-33(31)37)41(29)36(7,8)22-45-48(43,40-30(23(2)3)34(42)46-35(4,5)6)47-28-20-14-16-24-15-10-11-17-25(24)28/h10-20,23,30H,9,21-22H2,1-8H3,(H2,37,38)(H,40,43)/t30-,48?/m0/s1. The number of rotatable bonds is 13. The predicted octanol–water partition coefficient (Wildman–Crippen LogP) is 7.75. The van der Waals surface area contributed by atoms with E-state index in [1.807, 2.05) is 99.8 Å². The molecule has 0 aliphatic rings. The zero-order valence-electron chi connectivity index (χ0n) is 28.9. The van der Waals surface area contributed by atoms with Crippen LogP contribution in [0.1, 0.15) is 61.2 Å². The first-order valence-corrected chi connectivity index (χ1v) is 17.7. The van der Waals surface area contributed by atoms with Gasteiger partial charge in [-0.15, -0.1) is 0 Å². The Hall–Kier alpha value is -4.02. The third kappa shape index (κ3) is 7.65. The molecule has 2 aromatic heterocycles. The van der Waals surface area contributed by atoms with Gasteiger partial charge in [-0.3, -0.25) is 9.32 Å². The van der Waals surface area contributed by atoms with Crippen LogP contribution in [0, 0.1) is 5.92 Å². The number of pyridine rings is 1. The Bertz CT molecular complexity index is 1980. The minimum absolute atomic E-state index is 0.109. The van der Waals surface area contributed by atoms with Gasteiger partial charge in [-0.25, -0.2) is 14.5 Å². The number of carbonyl (C=O) groups excluding carboxylic acids is 1. The normalized spacial score (nSPS) is 14.4. The van der Waals surface area contributed by atoms with E-state index >= 15 is 0 Å². The number of imidazole rings is 1. The maximum atomic E-state index is 15.0. The first-order chi connectivity index (χ1) is 22.6. The van der Waals surface area contributed by atoms with Crippen LogP contribution in [-0.4, -0.2) is 45.4 Å². The highest BCUT2D eigenvalue weighted by Crippen LogP contribution is 2.49. The van der Waals surface area contributed by atoms with Crippen molar-refractivity contribution in [1.29, 1.82) is 0 Å². The molecule has 0 amide bonds. The second-order valence-corrected chi connectivity index (χ2v) is 15.4. The molecule has 0 spiro atoms. The molecular formula is C36H46N5O6P. The van der Waals surface area contributed by atoms with Crippen molar-refractivity contribution in [2.75, 3.05) is 18.9 Å². The van der Waals surface area contributed by atoms with Gasteiger partial charge in [0.25, 0.3) is 0 Å². The second kappa shape index (κ2) is 13.8. The molecule has 2 atom stereocenters. The molecule has 5 aromatic rings. The smallest absolute Gasteiger partial charge is 0.459 e. The number of hydrogen-bond donors (Lipinski definition) is 2. The number of ether oxygens (including phenoxy) is 2. The lowest BCUT2D eigenvalue weighted by Gasteiger charge is -2.33. The van der Waals surface area contributed by atoms with Crippen molar-refractivity contribution in [1.82, 2.24) is 19.6 Å². The summed E-state index contributed by atoms with van der Waals surface area (Å²) in [5.74, 6) is 0.384. The Morgan fingerprint density at radius 3 is 2.31 bits per heavy atom. The van der Waals surface area contributed by atoms with Crippen molar-refractivity contribution < 1.29 is 27.9 Å². The number of fused-ring (bicyclic) bond motifs is 4. The van der Waals surface area contributed by atoms with Gasteiger partial charge in [-0.2, -0.15) is 5.09 Å². The number of nitrogens with two attached hydrogens (primary N) is 1. The molecule has 0 saturated carbocycles. The van der Waals surface area contributed by atoms with Crippen LogP contribution >= 0.6 is 7.75 Å². The van der Waals surface area contributed by atoms with E-state index in [-0.39, 0.29) is 19.1 Å². The molecule has 3 N–H and O–H groups in total. The average Bonchev–Trinajstić information content (AvgIpc) is 3.43. The Morgan fingerprint density at radius 2 is 1.62 bits per heavy atom. The fourth-order valence-corrected chi connectivity index (χ4v) is 7.43. The number of anilines is 1. The largest absolute Gasteiger partial charge is 0.459 e. The quantitative estimate of drug-likeness (QED) is 0.0940. The van der Waals surface area contributed by atoms with E-state index in [1.54, 1.807) is 26.8 Å². The van der Waals surface area contributed by atoms with E-state index in [4.69, 9.17) is 29.2 Å². The number of benzene rings is 3. The van der Waals surface area contributed by atoms with Crippen molar-refractivity contribution in [3.05, 3.63) is 72.6 Å². The number of nitrogen functional groups attached to an aromatic ring is 1. The van der Waals surface area contributed by atoms with Gasteiger partial charge >= 0.3 is 13.7 Å².